The Morgan fingerprint density at radius 3 is 2.89 bits per heavy atom. The first-order chi connectivity index (χ1) is 20.9. The maximum atomic E-state index is 12.2. The molecule has 1 aliphatic rings. The maximum Gasteiger partial charge on any atom is 2.00 e. The van der Waals surface area contributed by atoms with E-state index in [1.807, 2.05) is 16.8 Å². The Bertz CT molecular complexity index is 1760. The van der Waals surface area contributed by atoms with Gasteiger partial charge in [-0.2, -0.15) is 11.6 Å². The van der Waals surface area contributed by atoms with Gasteiger partial charge < -0.3 is 45.9 Å². The molecule has 7 atom stereocenters. The summed E-state index contributed by atoms with van der Waals surface area (Å²) < 4.78 is 39.4. The summed E-state index contributed by atoms with van der Waals surface area (Å²) in [7, 11) is -0.465. The Balaban J connectivity index is 0.00000461. The number of thiol groups is 2. The van der Waals surface area contributed by atoms with E-state index in [0.29, 0.717) is 30.7 Å². The third-order valence-electron chi connectivity index (χ3n) is 6.67. The summed E-state index contributed by atoms with van der Waals surface area (Å²) >= 11 is 20.2. The minimum atomic E-state index is -3.23. The molecule has 45 heavy (non-hydrogen) atoms. The van der Waals surface area contributed by atoms with Gasteiger partial charge in [-0.05, 0) is 35.2 Å². The molecule has 1 aliphatic heterocycles. The Hall–Kier alpha value is -0.928. The molecule has 0 spiro atoms. The van der Waals surface area contributed by atoms with E-state index in [-0.39, 0.29) is 54.8 Å². The molecular formula is C23H29ClN9O6P2S3U+. The first kappa shape index (κ1) is 36.9. The topological polar surface area (TPSA) is 186 Å². The number of nitrogen functional groups attached to an aromatic ring is 1. The SMILES string of the molecule is [CH2-]C(Cl)CCC([CH-]n1cnc2c(=O)[nH]c(N)nc21)OP(=S)(S)OCC1OC(n2ccc3c(NC)ncnc32)CC1O[P+](=O)S.[U+2]. The molecule has 4 aromatic heterocycles. The average Bonchev–Trinajstić information content (AvgIpc) is 3.67. The number of fused-ring (bicyclic) bond motifs is 2. The van der Waals surface area contributed by atoms with E-state index in [1.54, 1.807) is 13.6 Å². The Kier molecular flexibility index (Phi) is 13.1. The van der Waals surface area contributed by atoms with Crippen LogP contribution in [0.3, 0.4) is 0 Å². The van der Waals surface area contributed by atoms with Crippen molar-refractivity contribution in [2.45, 2.75) is 49.2 Å². The molecule has 0 amide bonds. The van der Waals surface area contributed by atoms with Crippen molar-refractivity contribution in [3.8, 4) is 0 Å². The van der Waals surface area contributed by atoms with Gasteiger partial charge >= 0.3 is 38.3 Å². The number of nitrogens with zero attached hydrogens (tertiary/aromatic N) is 6. The van der Waals surface area contributed by atoms with Gasteiger partial charge in [-0.3, -0.25) is 14.8 Å². The molecule has 5 heterocycles. The number of nitrogens with two attached hydrogens (primary N) is 1. The van der Waals surface area contributed by atoms with Crippen molar-refractivity contribution in [2.24, 2.45) is 0 Å². The number of anilines is 2. The molecule has 0 radical (unpaired) electrons. The number of hydrogen-bond acceptors (Lipinski definition) is 13. The van der Waals surface area contributed by atoms with Crippen LogP contribution in [0, 0.1) is 44.6 Å². The molecule has 0 saturated carbocycles. The van der Waals surface area contributed by atoms with Crippen LogP contribution in [0.4, 0.5) is 11.8 Å². The molecule has 4 aromatic rings. The third-order valence-corrected chi connectivity index (χ3v) is 9.84. The largest absolute Gasteiger partial charge is 2.00 e. The van der Waals surface area contributed by atoms with Crippen molar-refractivity contribution in [1.29, 1.82) is 0 Å². The monoisotopic (exact) mass is 958 g/mol. The van der Waals surface area contributed by atoms with Crippen LogP contribution >= 0.6 is 49.0 Å². The fraction of sp³-hybridized carbons (Fsp3) is 0.435. The minimum absolute atomic E-state index is 0. The van der Waals surface area contributed by atoms with Crippen LogP contribution in [0.15, 0.2) is 29.7 Å². The predicted octanol–water partition coefficient (Wildman–Crippen LogP) is 4.24. The molecule has 15 nitrogen and oxygen atoms in total. The van der Waals surface area contributed by atoms with Crippen molar-refractivity contribution >= 4 is 94.8 Å². The second-order valence-electron chi connectivity index (χ2n) is 9.69. The van der Waals surface area contributed by atoms with Crippen LogP contribution < -0.4 is 16.6 Å². The number of alkyl halides is 1. The average molecular weight is 959 g/mol. The van der Waals surface area contributed by atoms with Crippen molar-refractivity contribution in [3.63, 3.8) is 0 Å². The van der Waals surface area contributed by atoms with Crippen molar-refractivity contribution < 1.29 is 54.0 Å². The van der Waals surface area contributed by atoms with Crippen LogP contribution in [0.5, 0.6) is 0 Å². The van der Waals surface area contributed by atoms with Gasteiger partial charge in [0, 0.05) is 19.7 Å². The summed E-state index contributed by atoms with van der Waals surface area (Å²) in [6, 6.07) is 1.88. The Labute approximate surface area is 303 Å². The van der Waals surface area contributed by atoms with E-state index in [4.69, 9.17) is 47.4 Å². The van der Waals surface area contributed by atoms with Crippen LogP contribution in [0.25, 0.3) is 22.2 Å². The summed E-state index contributed by atoms with van der Waals surface area (Å²) in [5, 5.41) is 3.46. The molecule has 7 unspecified atom stereocenters. The number of aromatic nitrogens is 7. The fourth-order valence-corrected chi connectivity index (χ4v) is 7.67. The van der Waals surface area contributed by atoms with E-state index < -0.39 is 48.4 Å². The zero-order valence-corrected chi connectivity index (χ0v) is 32.9. The van der Waals surface area contributed by atoms with Gasteiger partial charge in [0.05, 0.1) is 23.7 Å². The molecule has 22 heteroatoms. The fourth-order valence-electron chi connectivity index (χ4n) is 4.75. The molecule has 240 valence electrons. The van der Waals surface area contributed by atoms with Gasteiger partial charge in [0.15, 0.2) is 5.95 Å². The number of ether oxygens (including phenoxy) is 1. The molecule has 4 N–H and O–H groups in total. The summed E-state index contributed by atoms with van der Waals surface area (Å²) in [6.07, 6.45) is 3.40. The Morgan fingerprint density at radius 1 is 1.40 bits per heavy atom. The van der Waals surface area contributed by atoms with E-state index >= 15 is 0 Å². The zero-order chi connectivity index (χ0) is 31.6. The number of halogens is 1. The Morgan fingerprint density at radius 2 is 2.18 bits per heavy atom. The second-order valence-corrected chi connectivity index (χ2v) is 17.2. The smallest absolute Gasteiger partial charge is 0.451 e. The maximum absolute atomic E-state index is 12.2. The number of rotatable bonds is 14. The quantitative estimate of drug-likeness (QED) is 0.0524. The molecule has 0 aromatic carbocycles. The summed E-state index contributed by atoms with van der Waals surface area (Å²) in [5.41, 5.74) is 3.02. The molecule has 1 fully saturated rings. The first-order valence-corrected chi connectivity index (χ1v) is 19.7. The van der Waals surface area contributed by atoms with E-state index in [1.165, 1.54) is 17.2 Å². The first-order valence-electron chi connectivity index (χ1n) is 13.1. The normalized spacial score (nSPS) is 21.3. The van der Waals surface area contributed by atoms with Gasteiger partial charge in [-0.25, -0.2) is 9.97 Å². The predicted molar refractivity (Wildman–Crippen MR) is 178 cm³/mol. The van der Waals surface area contributed by atoms with Gasteiger partial charge in [-0.1, -0.05) is 30.6 Å². The second kappa shape index (κ2) is 16.0. The number of hydrogen-bond donors (Lipinski definition) is 5. The van der Waals surface area contributed by atoms with E-state index in [2.05, 4.69) is 61.7 Å². The van der Waals surface area contributed by atoms with Crippen molar-refractivity contribution in [1.82, 2.24) is 34.1 Å². The van der Waals surface area contributed by atoms with Crippen LogP contribution in [0.1, 0.15) is 25.5 Å². The van der Waals surface area contributed by atoms with Gasteiger partial charge in [0.1, 0.15) is 54.0 Å². The number of H-pyrrole nitrogens is 1. The standard InChI is InChI=1S/C23H29ClN9O6P2S3.U/c1-12(24)3-4-13(8-32-11-29-18-21(32)30-23(25)31-22(18)34)39-41(43,44)36-9-16-15(38-40(35)42)7-17(37-16)33-6-5-14-19(26-2)27-10-28-20(14)33;/h5-6,8,10-13,15-17H,1,3-4,7,9H2,2H3,(H,35,42)(H,43,44)(H,26,27,28)(H3,25,30,31,34);/q-1;+2. The number of imidazole rings is 1. The molecule has 0 bridgehead atoms. The van der Waals surface area contributed by atoms with E-state index in [0.717, 1.165) is 5.39 Å². The van der Waals surface area contributed by atoms with Gasteiger partial charge in [-0.15, -0.1) is 4.52 Å². The van der Waals surface area contributed by atoms with Crippen LogP contribution in [-0.4, -0.2) is 71.4 Å². The van der Waals surface area contributed by atoms with Crippen molar-refractivity contribution in [2.75, 3.05) is 24.7 Å². The number of nitrogens with one attached hydrogen (secondary N) is 2. The summed E-state index contributed by atoms with van der Waals surface area (Å²) in [5.74, 6) is 0.611. The molecule has 1 saturated heterocycles. The van der Waals surface area contributed by atoms with Crippen molar-refractivity contribution in [3.05, 3.63) is 48.7 Å². The van der Waals surface area contributed by atoms with Gasteiger partial charge in [0.2, 0.25) is 5.69 Å². The third kappa shape index (κ3) is 9.16. The molecule has 5 rings (SSSR count). The number of aromatic amines is 1. The van der Waals surface area contributed by atoms with Crippen LogP contribution in [0.2, 0.25) is 0 Å². The molecular weight excluding hydrogens is 930 g/mol. The van der Waals surface area contributed by atoms with E-state index in [9.17, 15) is 9.36 Å². The van der Waals surface area contributed by atoms with Gasteiger partial charge in [0.25, 0.3) is 5.56 Å². The summed E-state index contributed by atoms with van der Waals surface area (Å²) in [4.78, 5) is 31.6. The van der Waals surface area contributed by atoms with Crippen LogP contribution in [-0.2, 0) is 34.7 Å². The molecule has 0 aliphatic carbocycles. The summed E-state index contributed by atoms with van der Waals surface area (Å²) in [6.45, 7) is 5.38. The minimum Gasteiger partial charge on any atom is -0.451 e. The zero-order valence-electron chi connectivity index (χ0n) is 23.6.